The Hall–Kier alpha value is -1.14. The highest BCUT2D eigenvalue weighted by Crippen LogP contribution is 1.98. The van der Waals surface area contributed by atoms with Crippen molar-refractivity contribution < 1.29 is 14.3 Å². The summed E-state index contributed by atoms with van der Waals surface area (Å²) >= 11 is 0. The topological polar surface area (TPSA) is 79.5 Å². The zero-order valence-electron chi connectivity index (χ0n) is 12.6. The van der Waals surface area contributed by atoms with E-state index in [-0.39, 0.29) is 23.4 Å². The van der Waals surface area contributed by atoms with Crippen LogP contribution in [0, 0.1) is 0 Å². The van der Waals surface area contributed by atoms with Crippen LogP contribution in [0.5, 0.6) is 0 Å². The molecule has 0 fully saturated rings. The van der Waals surface area contributed by atoms with Gasteiger partial charge in [0, 0.05) is 32.2 Å². The fourth-order valence-corrected chi connectivity index (χ4v) is 1.41. The van der Waals surface area contributed by atoms with Crippen LogP contribution in [-0.2, 0) is 14.3 Å². The molecule has 0 bridgehead atoms. The third kappa shape index (κ3) is 10.5. The van der Waals surface area contributed by atoms with Crippen LogP contribution in [0.4, 0.5) is 0 Å². The highest BCUT2D eigenvalue weighted by molar-refractivity contribution is 5.81. The van der Waals surface area contributed by atoms with Gasteiger partial charge in [-0.2, -0.15) is 0 Å². The maximum atomic E-state index is 11.6. The minimum absolute atomic E-state index is 0.0213. The summed E-state index contributed by atoms with van der Waals surface area (Å²) in [5.74, 6) is -0.111. The van der Waals surface area contributed by atoms with Crippen molar-refractivity contribution in [1.82, 2.24) is 16.0 Å². The molecule has 0 heterocycles. The Bertz CT molecular complexity index is 287. The van der Waals surface area contributed by atoms with Crippen molar-refractivity contribution in [1.29, 1.82) is 0 Å². The van der Waals surface area contributed by atoms with E-state index in [9.17, 15) is 9.59 Å². The lowest BCUT2D eigenvalue weighted by atomic mass is 10.1. The van der Waals surface area contributed by atoms with Crippen molar-refractivity contribution >= 4 is 11.8 Å². The molecule has 0 saturated heterocycles. The molecule has 6 nitrogen and oxygen atoms in total. The molecule has 0 aromatic rings. The van der Waals surface area contributed by atoms with E-state index in [1.165, 1.54) is 0 Å². The van der Waals surface area contributed by atoms with Crippen molar-refractivity contribution in [2.75, 3.05) is 26.8 Å². The van der Waals surface area contributed by atoms with Gasteiger partial charge in [-0.25, -0.2) is 0 Å². The van der Waals surface area contributed by atoms with Gasteiger partial charge in [-0.1, -0.05) is 0 Å². The highest BCUT2D eigenvalue weighted by atomic mass is 16.5. The lowest BCUT2D eigenvalue weighted by Gasteiger charge is -2.21. The zero-order chi connectivity index (χ0) is 14.9. The highest BCUT2D eigenvalue weighted by Gasteiger charge is 2.15. The van der Waals surface area contributed by atoms with Gasteiger partial charge in [0.25, 0.3) is 0 Å². The van der Waals surface area contributed by atoms with Gasteiger partial charge in [-0.3, -0.25) is 9.59 Å². The van der Waals surface area contributed by atoms with E-state index in [0.29, 0.717) is 26.1 Å². The van der Waals surface area contributed by atoms with Gasteiger partial charge in [0.15, 0.2) is 0 Å². The fraction of sp³-hybridized carbons (Fsp3) is 0.846. The van der Waals surface area contributed by atoms with E-state index in [4.69, 9.17) is 4.74 Å². The second-order valence-corrected chi connectivity index (χ2v) is 5.51. The molecule has 1 atom stereocenters. The van der Waals surface area contributed by atoms with Crippen LogP contribution in [0.1, 0.15) is 34.1 Å². The largest absolute Gasteiger partial charge is 0.383 e. The predicted molar refractivity (Wildman–Crippen MR) is 74.9 cm³/mol. The van der Waals surface area contributed by atoms with Crippen molar-refractivity contribution in [3.05, 3.63) is 0 Å². The first-order chi connectivity index (χ1) is 8.76. The first-order valence-corrected chi connectivity index (χ1v) is 6.57. The van der Waals surface area contributed by atoms with E-state index in [2.05, 4.69) is 16.0 Å². The summed E-state index contributed by atoms with van der Waals surface area (Å²) in [4.78, 5) is 23.1. The second kappa shape index (κ2) is 8.87. The molecule has 0 saturated carbocycles. The third-order valence-electron chi connectivity index (χ3n) is 2.32. The number of hydrogen-bond donors (Lipinski definition) is 3. The Morgan fingerprint density at radius 1 is 1.21 bits per heavy atom. The van der Waals surface area contributed by atoms with E-state index >= 15 is 0 Å². The molecule has 0 aromatic heterocycles. The summed E-state index contributed by atoms with van der Waals surface area (Å²) < 4.78 is 4.84. The molecular weight excluding hydrogens is 246 g/mol. The average Bonchev–Trinajstić information content (AvgIpc) is 2.26. The van der Waals surface area contributed by atoms with Crippen LogP contribution in [0.25, 0.3) is 0 Å². The third-order valence-corrected chi connectivity index (χ3v) is 2.32. The predicted octanol–water partition coefficient (Wildman–Crippen LogP) is 0.0319. The Kier molecular flexibility index (Phi) is 8.34. The number of amides is 2. The van der Waals surface area contributed by atoms with E-state index < -0.39 is 0 Å². The van der Waals surface area contributed by atoms with E-state index in [1.54, 1.807) is 14.0 Å². The minimum atomic E-state index is -0.320. The van der Waals surface area contributed by atoms with Crippen molar-refractivity contribution in [2.45, 2.75) is 45.7 Å². The number of methoxy groups -OCH3 is 1. The van der Waals surface area contributed by atoms with Gasteiger partial charge in [0.05, 0.1) is 12.6 Å². The van der Waals surface area contributed by atoms with E-state index in [0.717, 1.165) is 0 Å². The second-order valence-electron chi connectivity index (χ2n) is 5.51. The number of carbonyl (C=O) groups is 2. The molecule has 3 N–H and O–H groups in total. The molecule has 0 radical (unpaired) electrons. The van der Waals surface area contributed by atoms with Gasteiger partial charge in [0.1, 0.15) is 0 Å². The number of nitrogens with one attached hydrogen (secondary N) is 3. The molecule has 0 rings (SSSR count). The van der Waals surface area contributed by atoms with Gasteiger partial charge in [-0.15, -0.1) is 0 Å². The molecule has 0 aliphatic heterocycles. The molecule has 0 spiro atoms. The Morgan fingerprint density at radius 3 is 2.37 bits per heavy atom. The normalized spacial score (nSPS) is 12.9. The smallest absolute Gasteiger partial charge is 0.236 e. The Balaban J connectivity index is 3.76. The van der Waals surface area contributed by atoms with Crippen molar-refractivity contribution in [3.63, 3.8) is 0 Å². The van der Waals surface area contributed by atoms with Crippen LogP contribution in [0.15, 0.2) is 0 Å². The minimum Gasteiger partial charge on any atom is -0.383 e. The molecule has 112 valence electrons. The van der Waals surface area contributed by atoms with Crippen LogP contribution in [0.2, 0.25) is 0 Å². The summed E-state index contributed by atoms with van der Waals surface area (Å²) in [7, 11) is 1.58. The molecule has 0 aromatic carbocycles. The lowest BCUT2D eigenvalue weighted by molar-refractivity contribution is -0.124. The molecular formula is C13H27N3O3. The number of carbonyl (C=O) groups excluding carboxylic acids is 2. The van der Waals surface area contributed by atoms with Gasteiger partial charge < -0.3 is 20.7 Å². The fourth-order valence-electron chi connectivity index (χ4n) is 1.41. The monoisotopic (exact) mass is 273 g/mol. The number of ether oxygens (including phenoxy) is 1. The maximum absolute atomic E-state index is 11.6. The number of rotatable bonds is 8. The first-order valence-electron chi connectivity index (χ1n) is 6.57. The lowest BCUT2D eigenvalue weighted by Crippen LogP contribution is -2.45. The molecule has 0 aliphatic rings. The molecule has 6 heteroatoms. The van der Waals surface area contributed by atoms with Gasteiger partial charge in [-0.05, 0) is 27.7 Å². The Labute approximate surface area is 115 Å². The van der Waals surface area contributed by atoms with Crippen molar-refractivity contribution in [3.8, 4) is 0 Å². The SMILES string of the molecule is COCCNC(=O)C(C)NCCC(=O)NC(C)(C)C. The summed E-state index contributed by atoms with van der Waals surface area (Å²) in [5, 5.41) is 8.61. The average molecular weight is 273 g/mol. The van der Waals surface area contributed by atoms with E-state index in [1.807, 2.05) is 20.8 Å². The molecule has 19 heavy (non-hydrogen) atoms. The summed E-state index contributed by atoms with van der Waals surface area (Å²) in [5.41, 5.74) is -0.222. The van der Waals surface area contributed by atoms with Crippen LogP contribution >= 0.6 is 0 Å². The molecule has 0 aliphatic carbocycles. The zero-order valence-corrected chi connectivity index (χ0v) is 12.6. The summed E-state index contributed by atoms with van der Waals surface area (Å²) in [6.07, 6.45) is 0.354. The molecule has 2 amide bonds. The molecule has 1 unspecified atom stereocenters. The van der Waals surface area contributed by atoms with Gasteiger partial charge >= 0.3 is 0 Å². The van der Waals surface area contributed by atoms with Crippen LogP contribution < -0.4 is 16.0 Å². The summed E-state index contributed by atoms with van der Waals surface area (Å²) in [6, 6.07) is -0.320. The Morgan fingerprint density at radius 2 is 1.84 bits per heavy atom. The maximum Gasteiger partial charge on any atom is 0.236 e. The van der Waals surface area contributed by atoms with Crippen molar-refractivity contribution in [2.24, 2.45) is 0 Å². The standard InChI is InChI=1S/C13H27N3O3/c1-10(12(18)15-8-9-19-5)14-7-6-11(17)16-13(2,3)4/h10,14H,6-9H2,1-5H3,(H,15,18)(H,16,17). The van der Waals surface area contributed by atoms with Crippen LogP contribution in [-0.4, -0.2) is 50.2 Å². The van der Waals surface area contributed by atoms with Gasteiger partial charge in [0.2, 0.25) is 11.8 Å². The number of hydrogen-bond acceptors (Lipinski definition) is 4. The van der Waals surface area contributed by atoms with Crippen LogP contribution in [0.3, 0.4) is 0 Å². The quantitative estimate of drug-likeness (QED) is 0.545. The first kappa shape index (κ1) is 17.9. The summed E-state index contributed by atoms with van der Waals surface area (Å²) in [6.45, 7) is 9.03.